The van der Waals surface area contributed by atoms with Gasteiger partial charge in [0.15, 0.2) is 0 Å². The van der Waals surface area contributed by atoms with E-state index in [0.29, 0.717) is 11.1 Å². The number of hydrogen-bond acceptors (Lipinski definition) is 3. The van der Waals surface area contributed by atoms with E-state index in [9.17, 15) is 5.11 Å². The lowest BCUT2D eigenvalue weighted by Gasteiger charge is -2.36. The second-order valence-electron chi connectivity index (χ2n) is 5.83. The number of anilines is 1. The van der Waals surface area contributed by atoms with E-state index in [1.807, 2.05) is 12.1 Å². The number of nitrogens with zero attached hydrogens (tertiary/aromatic N) is 1. The summed E-state index contributed by atoms with van der Waals surface area (Å²) in [6.07, 6.45) is 2.50. The molecular formula is C14H22N2O. The van der Waals surface area contributed by atoms with Crippen LogP contribution >= 0.6 is 0 Å². The van der Waals surface area contributed by atoms with Crippen molar-refractivity contribution in [1.82, 2.24) is 4.90 Å². The molecule has 0 spiro atoms. The number of likely N-dealkylation sites (tertiary alicyclic amines) is 1. The third kappa shape index (κ3) is 3.13. The quantitative estimate of drug-likeness (QED) is 0.611. The Bertz CT molecular complexity index is 391. The first-order chi connectivity index (χ1) is 7.96. The minimum absolute atomic E-state index is 0.175. The molecule has 2 rings (SSSR count). The molecule has 0 bridgehead atoms. The van der Waals surface area contributed by atoms with E-state index in [1.165, 1.54) is 18.4 Å². The van der Waals surface area contributed by atoms with E-state index in [4.69, 9.17) is 5.73 Å². The molecule has 1 saturated heterocycles. The summed E-state index contributed by atoms with van der Waals surface area (Å²) in [4.78, 5) is 2.46. The molecule has 17 heavy (non-hydrogen) atoms. The van der Waals surface area contributed by atoms with Gasteiger partial charge in [0.05, 0.1) is 5.69 Å². The molecule has 0 amide bonds. The highest BCUT2D eigenvalue weighted by atomic mass is 16.3. The van der Waals surface area contributed by atoms with Gasteiger partial charge < -0.3 is 10.8 Å². The second kappa shape index (κ2) is 4.57. The monoisotopic (exact) mass is 234 g/mol. The predicted molar refractivity (Wildman–Crippen MR) is 70.8 cm³/mol. The van der Waals surface area contributed by atoms with Gasteiger partial charge in [0, 0.05) is 6.54 Å². The number of nitrogens with two attached hydrogens (primary N) is 1. The van der Waals surface area contributed by atoms with Gasteiger partial charge in [-0.25, -0.2) is 0 Å². The molecule has 0 saturated carbocycles. The average Bonchev–Trinajstić information content (AvgIpc) is 2.27. The number of aromatic hydroxyl groups is 1. The van der Waals surface area contributed by atoms with Crippen molar-refractivity contribution in [2.24, 2.45) is 5.41 Å². The van der Waals surface area contributed by atoms with Crippen LogP contribution in [0.3, 0.4) is 0 Å². The Hall–Kier alpha value is -1.22. The van der Waals surface area contributed by atoms with Crippen molar-refractivity contribution in [3.8, 4) is 5.75 Å². The summed E-state index contributed by atoms with van der Waals surface area (Å²) in [7, 11) is 0. The number of piperidine rings is 1. The van der Waals surface area contributed by atoms with Crippen molar-refractivity contribution in [1.29, 1.82) is 0 Å². The Balaban J connectivity index is 1.95. The zero-order chi connectivity index (χ0) is 12.5. The summed E-state index contributed by atoms with van der Waals surface area (Å²) in [6, 6.07) is 5.50. The van der Waals surface area contributed by atoms with Crippen LogP contribution in [0.1, 0.15) is 32.3 Å². The first-order valence-electron chi connectivity index (χ1n) is 6.26. The maximum atomic E-state index is 9.38. The molecule has 1 aliphatic rings. The van der Waals surface area contributed by atoms with Crippen molar-refractivity contribution in [3.63, 3.8) is 0 Å². The van der Waals surface area contributed by atoms with Crippen LogP contribution in [-0.4, -0.2) is 23.1 Å². The van der Waals surface area contributed by atoms with Gasteiger partial charge in [0.1, 0.15) is 5.75 Å². The Morgan fingerprint density at radius 2 is 1.94 bits per heavy atom. The Kier molecular flexibility index (Phi) is 3.29. The van der Waals surface area contributed by atoms with E-state index in [2.05, 4.69) is 18.7 Å². The Labute approximate surface area is 103 Å². The van der Waals surface area contributed by atoms with E-state index in [-0.39, 0.29) is 5.75 Å². The molecule has 0 atom stereocenters. The highest BCUT2D eigenvalue weighted by Crippen LogP contribution is 2.30. The molecule has 1 aliphatic heterocycles. The van der Waals surface area contributed by atoms with E-state index in [1.54, 1.807) is 6.07 Å². The SMILES string of the molecule is CC1(C)CCN(Cc2ccc(O)c(N)c2)CC1. The highest BCUT2D eigenvalue weighted by molar-refractivity contribution is 5.53. The standard InChI is InChI=1S/C14H22N2O/c1-14(2)5-7-16(8-6-14)10-11-3-4-13(17)12(15)9-11/h3-4,9,17H,5-8,10,15H2,1-2H3. The highest BCUT2D eigenvalue weighted by Gasteiger charge is 2.25. The summed E-state index contributed by atoms with van der Waals surface area (Å²) < 4.78 is 0. The van der Waals surface area contributed by atoms with Crippen LogP contribution in [0.5, 0.6) is 5.75 Å². The number of phenols is 1. The minimum atomic E-state index is 0.175. The summed E-state index contributed by atoms with van der Waals surface area (Å²) in [5, 5.41) is 9.38. The maximum Gasteiger partial charge on any atom is 0.138 e. The van der Waals surface area contributed by atoms with Gasteiger partial charge in [-0.1, -0.05) is 19.9 Å². The number of nitrogen functional groups attached to an aromatic ring is 1. The molecule has 0 aliphatic carbocycles. The lowest BCUT2D eigenvalue weighted by molar-refractivity contribution is 0.127. The topological polar surface area (TPSA) is 49.5 Å². The van der Waals surface area contributed by atoms with Crippen LogP contribution in [0, 0.1) is 5.41 Å². The van der Waals surface area contributed by atoms with Gasteiger partial charge in [-0.3, -0.25) is 4.90 Å². The van der Waals surface area contributed by atoms with Gasteiger partial charge in [-0.05, 0) is 49.0 Å². The molecular weight excluding hydrogens is 212 g/mol. The first-order valence-corrected chi connectivity index (χ1v) is 6.26. The summed E-state index contributed by atoms with van der Waals surface area (Å²) in [5.41, 5.74) is 7.84. The molecule has 3 N–H and O–H groups in total. The van der Waals surface area contributed by atoms with Gasteiger partial charge in [-0.15, -0.1) is 0 Å². The maximum absolute atomic E-state index is 9.38. The number of hydrogen-bond donors (Lipinski definition) is 2. The number of rotatable bonds is 2. The fourth-order valence-electron chi connectivity index (χ4n) is 2.28. The number of benzene rings is 1. The summed E-state index contributed by atoms with van der Waals surface area (Å²) >= 11 is 0. The third-order valence-corrected chi connectivity index (χ3v) is 3.71. The van der Waals surface area contributed by atoms with Crippen LogP contribution < -0.4 is 5.73 Å². The molecule has 1 aromatic rings. The third-order valence-electron chi connectivity index (χ3n) is 3.71. The first kappa shape index (κ1) is 12.2. The van der Waals surface area contributed by atoms with Crippen LogP contribution in [0.2, 0.25) is 0 Å². The minimum Gasteiger partial charge on any atom is -0.506 e. The predicted octanol–water partition coefficient (Wildman–Crippen LogP) is 2.60. The zero-order valence-electron chi connectivity index (χ0n) is 10.7. The van der Waals surface area contributed by atoms with Crippen LogP contribution in [0.15, 0.2) is 18.2 Å². The number of phenolic OH excluding ortho intramolecular Hbond substituents is 1. The fraction of sp³-hybridized carbons (Fsp3) is 0.571. The van der Waals surface area contributed by atoms with Crippen molar-refractivity contribution in [2.75, 3.05) is 18.8 Å². The Morgan fingerprint density at radius 3 is 2.53 bits per heavy atom. The van der Waals surface area contributed by atoms with Gasteiger partial charge in [-0.2, -0.15) is 0 Å². The van der Waals surface area contributed by atoms with Crippen LogP contribution in [-0.2, 0) is 6.54 Å². The second-order valence-corrected chi connectivity index (χ2v) is 5.83. The van der Waals surface area contributed by atoms with Gasteiger partial charge in [0.25, 0.3) is 0 Å². The lowest BCUT2D eigenvalue weighted by Crippen LogP contribution is -2.36. The van der Waals surface area contributed by atoms with Crippen LogP contribution in [0.4, 0.5) is 5.69 Å². The molecule has 0 aromatic heterocycles. The van der Waals surface area contributed by atoms with Gasteiger partial charge in [0.2, 0.25) is 0 Å². The lowest BCUT2D eigenvalue weighted by atomic mass is 9.82. The molecule has 1 fully saturated rings. The molecule has 3 heteroatoms. The molecule has 94 valence electrons. The normalized spacial score (nSPS) is 20.4. The smallest absolute Gasteiger partial charge is 0.138 e. The molecule has 1 heterocycles. The zero-order valence-corrected chi connectivity index (χ0v) is 10.7. The average molecular weight is 234 g/mol. The van der Waals surface area contributed by atoms with Crippen molar-refractivity contribution in [3.05, 3.63) is 23.8 Å². The fourth-order valence-corrected chi connectivity index (χ4v) is 2.28. The van der Waals surface area contributed by atoms with Crippen LogP contribution in [0.25, 0.3) is 0 Å². The van der Waals surface area contributed by atoms with E-state index in [0.717, 1.165) is 19.6 Å². The molecule has 0 unspecified atom stereocenters. The summed E-state index contributed by atoms with van der Waals surface area (Å²) in [5.74, 6) is 0.175. The van der Waals surface area contributed by atoms with Crippen molar-refractivity contribution >= 4 is 5.69 Å². The Morgan fingerprint density at radius 1 is 1.29 bits per heavy atom. The molecule has 0 radical (unpaired) electrons. The summed E-state index contributed by atoms with van der Waals surface area (Å²) in [6.45, 7) is 7.90. The largest absolute Gasteiger partial charge is 0.506 e. The van der Waals surface area contributed by atoms with Gasteiger partial charge >= 0.3 is 0 Å². The molecule has 1 aromatic carbocycles. The van der Waals surface area contributed by atoms with Crippen molar-refractivity contribution < 1.29 is 5.11 Å². The van der Waals surface area contributed by atoms with E-state index < -0.39 is 0 Å². The molecule has 3 nitrogen and oxygen atoms in total. The van der Waals surface area contributed by atoms with E-state index >= 15 is 0 Å². The van der Waals surface area contributed by atoms with Crippen molar-refractivity contribution in [2.45, 2.75) is 33.2 Å².